The van der Waals surface area contributed by atoms with E-state index in [1.807, 2.05) is 0 Å². The fourth-order valence-corrected chi connectivity index (χ4v) is 4.47. The van der Waals surface area contributed by atoms with Crippen LogP contribution in [0.15, 0.2) is 76.4 Å². The van der Waals surface area contributed by atoms with E-state index in [0.29, 0.717) is 22.3 Å². The van der Waals surface area contributed by atoms with Crippen LogP contribution in [-0.4, -0.2) is 67.6 Å². The lowest BCUT2D eigenvalue weighted by Crippen LogP contribution is -2.30. The number of anilines is 2. The summed E-state index contributed by atoms with van der Waals surface area (Å²) in [6.45, 7) is 2.85. The lowest BCUT2D eigenvalue weighted by molar-refractivity contribution is -0.123. The summed E-state index contributed by atoms with van der Waals surface area (Å²) in [5.41, 5.74) is 1.62. The first kappa shape index (κ1) is 31.3. The van der Waals surface area contributed by atoms with Crippen LogP contribution in [0.3, 0.4) is 0 Å². The SMILES string of the molecule is CC(=O)c1ccc(NC(=O)C(C)OC(=O)c2ccc(NS(=O)(=O)c3ccc4[nH]c(=O)[nH]c4c3)cc2)cc1.CN(C)C=O. The molecule has 1 aromatic heterocycles. The van der Waals surface area contributed by atoms with Crippen molar-refractivity contribution in [3.63, 3.8) is 0 Å². The molecule has 0 saturated carbocycles. The van der Waals surface area contributed by atoms with Crippen molar-refractivity contribution in [2.24, 2.45) is 0 Å². The molecule has 0 saturated heterocycles. The Morgan fingerprint density at radius 1 is 0.881 bits per heavy atom. The Bertz CT molecular complexity index is 1760. The summed E-state index contributed by atoms with van der Waals surface area (Å²) in [5.74, 6) is -1.44. The Labute approximate surface area is 240 Å². The predicted molar refractivity (Wildman–Crippen MR) is 156 cm³/mol. The van der Waals surface area contributed by atoms with Gasteiger partial charge in [0.05, 0.1) is 21.5 Å². The van der Waals surface area contributed by atoms with Gasteiger partial charge in [-0.3, -0.25) is 19.1 Å². The largest absolute Gasteiger partial charge is 0.449 e. The molecule has 0 aliphatic rings. The maximum Gasteiger partial charge on any atom is 0.338 e. The molecule has 4 N–H and O–H groups in total. The third-order valence-electron chi connectivity index (χ3n) is 5.59. The molecule has 4 rings (SSSR count). The number of hydrogen-bond acceptors (Lipinski definition) is 8. The van der Waals surface area contributed by atoms with Crippen LogP contribution in [0.25, 0.3) is 11.0 Å². The number of carbonyl (C=O) groups is 4. The molecule has 2 amide bonds. The minimum atomic E-state index is -3.97. The maximum atomic E-state index is 12.7. The summed E-state index contributed by atoms with van der Waals surface area (Å²) >= 11 is 0. The van der Waals surface area contributed by atoms with Gasteiger partial charge in [0.2, 0.25) is 6.41 Å². The third kappa shape index (κ3) is 8.38. The van der Waals surface area contributed by atoms with Gasteiger partial charge in [-0.05, 0) is 80.6 Å². The number of rotatable bonds is 9. The van der Waals surface area contributed by atoms with Gasteiger partial charge in [-0.1, -0.05) is 0 Å². The highest BCUT2D eigenvalue weighted by molar-refractivity contribution is 7.92. The zero-order valence-electron chi connectivity index (χ0n) is 23.1. The van der Waals surface area contributed by atoms with Crippen LogP contribution in [0.1, 0.15) is 34.6 Å². The molecule has 1 unspecified atom stereocenters. The molecule has 0 fully saturated rings. The zero-order chi connectivity index (χ0) is 31.0. The molecule has 0 spiro atoms. The first-order valence-electron chi connectivity index (χ1n) is 12.4. The van der Waals surface area contributed by atoms with Crippen molar-refractivity contribution >= 4 is 56.5 Å². The second-order valence-electron chi connectivity index (χ2n) is 9.21. The number of amides is 2. The maximum absolute atomic E-state index is 12.7. The number of aromatic nitrogens is 2. The number of sulfonamides is 1. The first-order chi connectivity index (χ1) is 19.8. The molecule has 3 aromatic carbocycles. The highest BCUT2D eigenvalue weighted by Crippen LogP contribution is 2.20. The molecule has 0 bridgehead atoms. The van der Waals surface area contributed by atoms with Crippen molar-refractivity contribution in [1.82, 2.24) is 14.9 Å². The Morgan fingerprint density at radius 3 is 2.00 bits per heavy atom. The molecule has 1 atom stereocenters. The molecular weight excluding hydrogens is 566 g/mol. The van der Waals surface area contributed by atoms with Gasteiger partial charge in [0.15, 0.2) is 11.9 Å². The number of fused-ring (bicyclic) bond motifs is 1. The molecule has 1 heterocycles. The lowest BCUT2D eigenvalue weighted by Gasteiger charge is -2.14. The van der Waals surface area contributed by atoms with Crippen molar-refractivity contribution in [1.29, 1.82) is 0 Å². The van der Waals surface area contributed by atoms with Crippen molar-refractivity contribution in [3.8, 4) is 0 Å². The van der Waals surface area contributed by atoms with Gasteiger partial charge in [-0.15, -0.1) is 0 Å². The summed E-state index contributed by atoms with van der Waals surface area (Å²) < 4.78 is 33.1. The number of benzene rings is 3. The highest BCUT2D eigenvalue weighted by Gasteiger charge is 2.20. The number of nitrogens with zero attached hydrogens (tertiary/aromatic N) is 1. The number of ketones is 1. The lowest BCUT2D eigenvalue weighted by atomic mass is 10.1. The molecule has 14 heteroatoms. The fraction of sp³-hybridized carbons (Fsp3) is 0.179. The molecule has 13 nitrogen and oxygen atoms in total. The minimum Gasteiger partial charge on any atom is -0.449 e. The summed E-state index contributed by atoms with van der Waals surface area (Å²) in [6.07, 6.45) is -0.368. The number of H-pyrrole nitrogens is 2. The minimum absolute atomic E-state index is 0.0606. The van der Waals surface area contributed by atoms with Crippen molar-refractivity contribution in [2.45, 2.75) is 24.8 Å². The van der Waals surface area contributed by atoms with Gasteiger partial charge in [0.1, 0.15) is 0 Å². The zero-order valence-corrected chi connectivity index (χ0v) is 23.9. The number of imidazole rings is 1. The monoisotopic (exact) mass is 595 g/mol. The van der Waals surface area contributed by atoms with Gasteiger partial charge < -0.3 is 24.9 Å². The quantitative estimate of drug-likeness (QED) is 0.129. The molecule has 0 radical (unpaired) electrons. The Kier molecular flexibility index (Phi) is 9.99. The van der Waals surface area contributed by atoms with E-state index in [1.165, 1.54) is 61.2 Å². The van der Waals surface area contributed by atoms with Crippen molar-refractivity contribution in [2.75, 3.05) is 24.1 Å². The normalized spacial score (nSPS) is 11.4. The topological polar surface area (TPSA) is 188 Å². The van der Waals surface area contributed by atoms with Crippen molar-refractivity contribution < 1.29 is 32.3 Å². The van der Waals surface area contributed by atoms with E-state index >= 15 is 0 Å². The van der Waals surface area contributed by atoms with Crippen LogP contribution < -0.4 is 15.7 Å². The smallest absolute Gasteiger partial charge is 0.338 e. The van der Waals surface area contributed by atoms with E-state index in [1.54, 1.807) is 38.4 Å². The van der Waals surface area contributed by atoms with Gasteiger partial charge in [-0.25, -0.2) is 18.0 Å². The van der Waals surface area contributed by atoms with Crippen LogP contribution in [0, 0.1) is 0 Å². The summed E-state index contributed by atoms with van der Waals surface area (Å²) in [7, 11) is -0.595. The average Bonchev–Trinajstić information content (AvgIpc) is 3.33. The van der Waals surface area contributed by atoms with Crippen LogP contribution in [0.2, 0.25) is 0 Å². The van der Waals surface area contributed by atoms with Gasteiger partial charge >= 0.3 is 11.7 Å². The van der Waals surface area contributed by atoms with Crippen LogP contribution in [0.5, 0.6) is 0 Å². The number of aromatic amines is 2. The Hall–Kier alpha value is -5.24. The number of carbonyl (C=O) groups excluding carboxylic acids is 4. The number of esters is 1. The highest BCUT2D eigenvalue weighted by atomic mass is 32.2. The van der Waals surface area contributed by atoms with E-state index in [4.69, 9.17) is 4.74 Å². The van der Waals surface area contributed by atoms with Gasteiger partial charge in [0.25, 0.3) is 15.9 Å². The number of nitrogens with one attached hydrogen (secondary N) is 4. The second kappa shape index (κ2) is 13.4. The molecule has 42 heavy (non-hydrogen) atoms. The molecular formula is C28H29N5O8S. The van der Waals surface area contributed by atoms with E-state index in [2.05, 4.69) is 20.0 Å². The average molecular weight is 596 g/mol. The van der Waals surface area contributed by atoms with Crippen LogP contribution in [-0.2, 0) is 24.3 Å². The molecule has 0 aliphatic carbocycles. The van der Waals surface area contributed by atoms with Gasteiger partial charge in [-0.2, -0.15) is 0 Å². The first-order valence-corrected chi connectivity index (χ1v) is 13.9. The number of Topliss-reactive ketones (excluding diaryl/α,β-unsaturated/α-hetero) is 1. The van der Waals surface area contributed by atoms with Crippen LogP contribution >= 0.6 is 0 Å². The standard InChI is InChI=1S/C25H22N4O7S.C3H7NO/c1-14(30)16-3-7-18(8-4-16)26-23(31)15(2)36-24(32)17-5-9-19(10-6-17)29-37(34,35)20-11-12-21-22(13-20)28-25(33)27-21;1-4(2)3-5/h3-13,15,29H,1-2H3,(H,26,31)(H2,27,28,33);3H,1-2H3. The molecule has 220 valence electrons. The van der Waals surface area contributed by atoms with E-state index < -0.39 is 33.7 Å². The Balaban J connectivity index is 0.000000892. The van der Waals surface area contributed by atoms with E-state index in [0.717, 1.165) is 6.41 Å². The van der Waals surface area contributed by atoms with Crippen LogP contribution in [0.4, 0.5) is 11.4 Å². The van der Waals surface area contributed by atoms with E-state index in [-0.39, 0.29) is 21.9 Å². The molecule has 4 aromatic rings. The number of hydrogen-bond donors (Lipinski definition) is 4. The fourth-order valence-electron chi connectivity index (χ4n) is 3.38. The Morgan fingerprint density at radius 2 is 1.43 bits per heavy atom. The third-order valence-corrected chi connectivity index (χ3v) is 6.97. The van der Waals surface area contributed by atoms with E-state index in [9.17, 15) is 32.4 Å². The number of ether oxygens (including phenoxy) is 1. The summed E-state index contributed by atoms with van der Waals surface area (Å²) in [5, 5.41) is 2.60. The predicted octanol–water partition coefficient (Wildman–Crippen LogP) is 2.75. The summed E-state index contributed by atoms with van der Waals surface area (Å²) in [6, 6.07) is 15.9. The summed E-state index contributed by atoms with van der Waals surface area (Å²) in [4.78, 5) is 63.4. The second-order valence-corrected chi connectivity index (χ2v) is 10.9. The van der Waals surface area contributed by atoms with Gasteiger partial charge in [0, 0.05) is 31.0 Å². The van der Waals surface area contributed by atoms with Crippen molar-refractivity contribution in [3.05, 3.63) is 88.3 Å². The molecule has 0 aliphatic heterocycles.